The number of pyridine rings is 1. The molecule has 0 fully saturated rings. The summed E-state index contributed by atoms with van der Waals surface area (Å²) in [6, 6.07) is 13.0. The second kappa shape index (κ2) is 13.4. The predicted octanol–water partition coefficient (Wildman–Crippen LogP) is 6.95. The largest absolute Gasteiger partial charge is 0.494 e. The van der Waals surface area contributed by atoms with Crippen molar-refractivity contribution in [1.29, 1.82) is 0 Å². The molecule has 0 radical (unpaired) electrons. The average molecular weight is 368 g/mol. The van der Waals surface area contributed by atoms with Gasteiger partial charge in [0, 0.05) is 11.9 Å². The summed E-state index contributed by atoms with van der Waals surface area (Å²) >= 11 is 0. The van der Waals surface area contributed by atoms with Crippen LogP contribution in [-0.2, 0) is 19.3 Å². The molecule has 2 nitrogen and oxygen atoms in total. The molecule has 2 rings (SSSR count). The van der Waals surface area contributed by atoms with Crippen LogP contribution in [0.2, 0.25) is 0 Å². The van der Waals surface area contributed by atoms with Gasteiger partial charge >= 0.3 is 0 Å². The highest BCUT2D eigenvalue weighted by atomic mass is 16.5. The number of hydrogen-bond acceptors (Lipinski definition) is 2. The van der Waals surface area contributed by atoms with Crippen molar-refractivity contribution in [2.45, 2.75) is 84.5 Å². The molecule has 2 aromatic rings. The third-order valence-electron chi connectivity index (χ3n) is 5.06. The van der Waals surface area contributed by atoms with Gasteiger partial charge in [-0.05, 0) is 61.4 Å². The van der Waals surface area contributed by atoms with E-state index in [1.54, 1.807) is 0 Å². The van der Waals surface area contributed by atoms with Gasteiger partial charge in [-0.1, -0.05) is 70.6 Å². The fourth-order valence-corrected chi connectivity index (χ4v) is 3.24. The summed E-state index contributed by atoms with van der Waals surface area (Å²) in [5.74, 6) is 0.990. The monoisotopic (exact) mass is 367 g/mol. The molecular formula is C25H37NO. The Kier molecular flexibility index (Phi) is 10.6. The summed E-state index contributed by atoms with van der Waals surface area (Å²) in [6.45, 7) is 5.32. The fraction of sp³-hybridized carbons (Fsp3) is 0.560. The third-order valence-corrected chi connectivity index (χ3v) is 5.06. The van der Waals surface area contributed by atoms with Crippen LogP contribution in [0.3, 0.4) is 0 Å². The highest BCUT2D eigenvalue weighted by molar-refractivity contribution is 5.28. The first-order valence-electron chi connectivity index (χ1n) is 11.0. The molecule has 1 aromatic heterocycles. The van der Waals surface area contributed by atoms with E-state index in [-0.39, 0.29) is 0 Å². The molecule has 0 amide bonds. The summed E-state index contributed by atoms with van der Waals surface area (Å²) in [4.78, 5) is 4.64. The second-order valence-electron chi connectivity index (χ2n) is 7.52. The van der Waals surface area contributed by atoms with Gasteiger partial charge in [0.05, 0.1) is 6.61 Å². The number of nitrogens with zero attached hydrogens (tertiary/aromatic N) is 1. The Morgan fingerprint density at radius 1 is 0.667 bits per heavy atom. The standard InChI is InChI=1S/C25H37NO/c1-3-5-7-9-11-24-17-14-23(21-26-24)13-12-22-15-18-25(19-16-22)27-20-10-8-6-4-2/h14-19,21H,3-13,20H2,1-2H3. The van der Waals surface area contributed by atoms with E-state index in [2.05, 4.69) is 61.4 Å². The molecular weight excluding hydrogens is 330 g/mol. The Morgan fingerprint density at radius 2 is 1.33 bits per heavy atom. The van der Waals surface area contributed by atoms with Crippen LogP contribution >= 0.6 is 0 Å². The maximum atomic E-state index is 5.82. The van der Waals surface area contributed by atoms with Gasteiger partial charge in [0.2, 0.25) is 0 Å². The molecule has 0 aliphatic rings. The maximum absolute atomic E-state index is 5.82. The van der Waals surface area contributed by atoms with Crippen molar-refractivity contribution in [3.8, 4) is 5.75 Å². The summed E-state index contributed by atoms with van der Waals surface area (Å²) in [5, 5.41) is 0. The Balaban J connectivity index is 1.68. The number of aromatic nitrogens is 1. The summed E-state index contributed by atoms with van der Waals surface area (Å²) in [7, 11) is 0. The van der Waals surface area contributed by atoms with Crippen LogP contribution in [0.4, 0.5) is 0 Å². The highest BCUT2D eigenvalue weighted by Crippen LogP contribution is 2.15. The molecule has 1 heterocycles. The van der Waals surface area contributed by atoms with Crippen molar-refractivity contribution in [2.75, 3.05) is 6.61 Å². The lowest BCUT2D eigenvalue weighted by molar-refractivity contribution is 0.305. The molecule has 1 aromatic carbocycles. The van der Waals surface area contributed by atoms with Gasteiger partial charge in [-0.2, -0.15) is 0 Å². The van der Waals surface area contributed by atoms with Gasteiger partial charge in [-0.25, -0.2) is 0 Å². The van der Waals surface area contributed by atoms with Crippen molar-refractivity contribution in [1.82, 2.24) is 4.98 Å². The quantitative estimate of drug-likeness (QED) is 0.337. The molecule has 2 heteroatoms. The number of rotatable bonds is 14. The summed E-state index contributed by atoms with van der Waals surface area (Å²) in [5.41, 5.74) is 3.91. The number of benzene rings is 1. The van der Waals surface area contributed by atoms with E-state index in [9.17, 15) is 0 Å². The first-order valence-corrected chi connectivity index (χ1v) is 11.0. The minimum Gasteiger partial charge on any atom is -0.494 e. The van der Waals surface area contributed by atoms with Gasteiger partial charge < -0.3 is 4.74 Å². The lowest BCUT2D eigenvalue weighted by Gasteiger charge is -2.08. The molecule has 0 N–H and O–H groups in total. The van der Waals surface area contributed by atoms with Crippen LogP contribution in [0.15, 0.2) is 42.6 Å². The van der Waals surface area contributed by atoms with Crippen molar-refractivity contribution in [3.05, 3.63) is 59.4 Å². The van der Waals surface area contributed by atoms with Gasteiger partial charge in [0.15, 0.2) is 0 Å². The predicted molar refractivity (Wildman–Crippen MR) is 116 cm³/mol. The number of ether oxygens (including phenoxy) is 1. The van der Waals surface area contributed by atoms with Crippen molar-refractivity contribution in [2.24, 2.45) is 0 Å². The molecule has 0 atom stereocenters. The number of unbranched alkanes of at least 4 members (excludes halogenated alkanes) is 6. The minimum atomic E-state index is 0.829. The molecule has 148 valence electrons. The molecule has 27 heavy (non-hydrogen) atoms. The Bertz CT molecular complexity index is 603. The Hall–Kier alpha value is -1.83. The van der Waals surface area contributed by atoms with E-state index >= 15 is 0 Å². The van der Waals surface area contributed by atoms with Gasteiger partial charge in [-0.3, -0.25) is 4.98 Å². The first-order chi connectivity index (χ1) is 13.3. The molecule has 0 spiro atoms. The van der Waals surface area contributed by atoms with Gasteiger partial charge in [0.25, 0.3) is 0 Å². The normalized spacial score (nSPS) is 10.9. The molecule has 0 saturated heterocycles. The first kappa shape index (κ1) is 21.5. The van der Waals surface area contributed by atoms with E-state index in [1.165, 1.54) is 61.8 Å². The molecule has 0 unspecified atom stereocenters. The topological polar surface area (TPSA) is 22.1 Å². The van der Waals surface area contributed by atoms with E-state index in [4.69, 9.17) is 4.74 Å². The van der Waals surface area contributed by atoms with Crippen LogP contribution in [0.1, 0.15) is 82.0 Å². The Labute approximate surface area is 166 Å². The van der Waals surface area contributed by atoms with E-state index in [0.717, 1.165) is 38.0 Å². The van der Waals surface area contributed by atoms with Crippen molar-refractivity contribution in [3.63, 3.8) is 0 Å². The van der Waals surface area contributed by atoms with Gasteiger partial charge in [0.1, 0.15) is 5.75 Å². The van der Waals surface area contributed by atoms with Crippen molar-refractivity contribution >= 4 is 0 Å². The zero-order valence-electron chi connectivity index (χ0n) is 17.4. The lowest BCUT2D eigenvalue weighted by atomic mass is 10.0. The lowest BCUT2D eigenvalue weighted by Crippen LogP contribution is -1.98. The average Bonchev–Trinajstić information content (AvgIpc) is 2.71. The summed E-state index contributed by atoms with van der Waals surface area (Å²) in [6.07, 6.45) is 15.4. The van der Waals surface area contributed by atoms with E-state index in [0.29, 0.717) is 0 Å². The number of aryl methyl sites for hydroxylation is 3. The maximum Gasteiger partial charge on any atom is 0.119 e. The van der Waals surface area contributed by atoms with Crippen LogP contribution in [-0.4, -0.2) is 11.6 Å². The fourth-order valence-electron chi connectivity index (χ4n) is 3.24. The van der Waals surface area contributed by atoms with Crippen LogP contribution in [0, 0.1) is 0 Å². The molecule has 0 saturated carbocycles. The SMILES string of the molecule is CCCCCCOc1ccc(CCc2ccc(CCCCCC)nc2)cc1. The van der Waals surface area contributed by atoms with Crippen LogP contribution < -0.4 is 4.74 Å². The van der Waals surface area contributed by atoms with Crippen LogP contribution in [0.5, 0.6) is 5.75 Å². The zero-order valence-corrected chi connectivity index (χ0v) is 17.4. The van der Waals surface area contributed by atoms with Gasteiger partial charge in [-0.15, -0.1) is 0 Å². The van der Waals surface area contributed by atoms with E-state index < -0.39 is 0 Å². The zero-order chi connectivity index (χ0) is 19.2. The number of hydrogen-bond donors (Lipinski definition) is 0. The Morgan fingerprint density at radius 3 is 2.00 bits per heavy atom. The molecule has 0 bridgehead atoms. The minimum absolute atomic E-state index is 0.829. The highest BCUT2D eigenvalue weighted by Gasteiger charge is 2.00. The second-order valence-corrected chi connectivity index (χ2v) is 7.52. The van der Waals surface area contributed by atoms with E-state index in [1.807, 2.05) is 0 Å². The summed E-state index contributed by atoms with van der Waals surface area (Å²) < 4.78 is 5.82. The molecule has 0 aliphatic heterocycles. The smallest absolute Gasteiger partial charge is 0.119 e. The van der Waals surface area contributed by atoms with Crippen molar-refractivity contribution < 1.29 is 4.74 Å². The third kappa shape index (κ3) is 9.08. The van der Waals surface area contributed by atoms with Crippen LogP contribution in [0.25, 0.3) is 0 Å². The molecule has 0 aliphatic carbocycles.